The number of anilines is 1. The molecule has 1 aliphatic rings. The molecule has 14 heteroatoms. The Morgan fingerprint density at radius 2 is 1.54 bits per heavy atom. The number of rotatable bonds is 12. The minimum atomic E-state index is -1.86. The van der Waals surface area contributed by atoms with Gasteiger partial charge in [-0.15, -0.1) is 0 Å². The molecule has 0 bridgehead atoms. The number of ether oxygens (including phenoxy) is 1. The smallest absolute Gasteiger partial charge is 0.313 e. The number of nitrogens with one attached hydrogen (secondary N) is 4. The third-order valence-corrected chi connectivity index (χ3v) is 7.32. The fourth-order valence-corrected chi connectivity index (χ4v) is 4.79. The highest BCUT2D eigenvalue weighted by Gasteiger charge is 2.34. The molecule has 10 nitrogen and oxygen atoms in total. The molecule has 0 radical (unpaired) electrons. The molecule has 3 aromatic rings. The summed E-state index contributed by atoms with van der Waals surface area (Å²) in [5, 5.41) is 9.87. The van der Waals surface area contributed by atoms with E-state index in [9.17, 15) is 41.5 Å². The zero-order valence-corrected chi connectivity index (χ0v) is 24.5. The molecule has 4 N–H and O–H groups in total. The molecule has 0 spiro atoms. The Labute approximate surface area is 260 Å². The average Bonchev–Trinajstić information content (AvgIpc) is 3.44. The van der Waals surface area contributed by atoms with Gasteiger partial charge < -0.3 is 26.0 Å². The van der Waals surface area contributed by atoms with Gasteiger partial charge in [0.1, 0.15) is 12.6 Å². The Bertz CT molecular complexity index is 1610. The average molecular weight is 643 g/mol. The first-order valence-corrected chi connectivity index (χ1v) is 14.2. The number of ketones is 1. The summed E-state index contributed by atoms with van der Waals surface area (Å²) in [5.74, 6) is -14.0. The van der Waals surface area contributed by atoms with Gasteiger partial charge in [0, 0.05) is 30.6 Å². The van der Waals surface area contributed by atoms with Crippen LogP contribution < -0.4 is 26.0 Å². The molecule has 3 atom stereocenters. The van der Waals surface area contributed by atoms with Crippen molar-refractivity contribution in [3.05, 3.63) is 95.1 Å². The third kappa shape index (κ3) is 8.46. The number of Topliss-reactive ketones (excluding diaryl/α,β-unsaturated/α-hetero) is 1. The number of para-hydroxylation sites is 1. The van der Waals surface area contributed by atoms with Crippen molar-refractivity contribution in [2.75, 3.05) is 18.5 Å². The van der Waals surface area contributed by atoms with E-state index in [4.69, 9.17) is 4.74 Å². The molecule has 0 unspecified atom stereocenters. The van der Waals surface area contributed by atoms with Crippen molar-refractivity contribution < 1.29 is 46.3 Å². The van der Waals surface area contributed by atoms with Crippen molar-refractivity contribution in [1.29, 1.82) is 0 Å². The number of hydrogen-bond acceptors (Lipinski definition) is 6. The van der Waals surface area contributed by atoms with Gasteiger partial charge in [-0.3, -0.25) is 24.0 Å². The third-order valence-electron chi connectivity index (χ3n) is 7.32. The van der Waals surface area contributed by atoms with Crippen LogP contribution in [0.3, 0.4) is 0 Å². The van der Waals surface area contributed by atoms with Crippen LogP contribution >= 0.6 is 0 Å². The van der Waals surface area contributed by atoms with Crippen LogP contribution in [0.4, 0.5) is 23.2 Å². The predicted octanol–water partition coefficient (Wildman–Crippen LogP) is 2.88. The molecule has 1 saturated heterocycles. The molecule has 0 aliphatic carbocycles. The number of aryl methyl sites for hydroxylation is 1. The van der Waals surface area contributed by atoms with E-state index in [1.165, 1.54) is 0 Å². The van der Waals surface area contributed by atoms with Gasteiger partial charge in [-0.1, -0.05) is 48.5 Å². The second-order valence-electron chi connectivity index (χ2n) is 10.6. The Kier molecular flexibility index (Phi) is 11.1. The highest BCUT2D eigenvalue weighted by Crippen LogP contribution is 2.27. The highest BCUT2D eigenvalue weighted by atomic mass is 19.2. The first kappa shape index (κ1) is 33.6. The van der Waals surface area contributed by atoms with Crippen molar-refractivity contribution in [3.8, 4) is 5.75 Å². The largest absolute Gasteiger partial charge is 0.479 e. The SMILES string of the molecule is Cc1ccccc1NC(=O)C(=O)N[C@@H](Cc1ccccc1)C(=O)N[C@@H](C[C@@H]1CCNC1=O)C(=O)COc1c(F)c(F)cc(F)c1F. The lowest BCUT2D eigenvalue weighted by atomic mass is 9.95. The van der Waals surface area contributed by atoms with Crippen LogP contribution in [0.1, 0.15) is 24.0 Å². The van der Waals surface area contributed by atoms with Crippen molar-refractivity contribution in [2.24, 2.45) is 5.92 Å². The number of benzene rings is 3. The topological polar surface area (TPSA) is 143 Å². The number of hydrogen-bond donors (Lipinski definition) is 4. The first-order chi connectivity index (χ1) is 21.9. The lowest BCUT2D eigenvalue weighted by molar-refractivity contribution is -0.138. The fourth-order valence-electron chi connectivity index (χ4n) is 4.79. The van der Waals surface area contributed by atoms with Crippen molar-refractivity contribution in [3.63, 3.8) is 0 Å². The van der Waals surface area contributed by atoms with Crippen LogP contribution in [0, 0.1) is 36.1 Å². The Hall–Kier alpha value is -5.27. The van der Waals surface area contributed by atoms with Crippen LogP contribution in [0.5, 0.6) is 5.75 Å². The van der Waals surface area contributed by atoms with E-state index < -0.39 is 83.0 Å². The maximum Gasteiger partial charge on any atom is 0.313 e. The summed E-state index contributed by atoms with van der Waals surface area (Å²) in [6.45, 7) is 0.888. The lowest BCUT2D eigenvalue weighted by Gasteiger charge is -2.24. The van der Waals surface area contributed by atoms with Gasteiger partial charge in [-0.25, -0.2) is 8.78 Å². The molecule has 4 rings (SSSR count). The predicted molar refractivity (Wildman–Crippen MR) is 156 cm³/mol. The van der Waals surface area contributed by atoms with Gasteiger partial charge in [-0.2, -0.15) is 8.78 Å². The standard InChI is InChI=1S/C32H30F4N4O6/c1-17-7-5-6-10-22(17)38-31(44)32(45)40-24(13-18-8-3-2-4-9-18)30(43)39-23(14-19-11-12-37-29(19)42)25(41)16-46-28-26(35)20(33)15-21(34)27(28)36/h2-10,15,19,23-24H,11-14,16H2,1H3,(H,37,42)(H,38,44)(H,39,43)(H,40,45)/t19-,23-,24-/m0/s1. The molecule has 1 heterocycles. The quantitative estimate of drug-likeness (QED) is 0.136. The van der Waals surface area contributed by atoms with Gasteiger partial charge in [0.25, 0.3) is 0 Å². The summed E-state index contributed by atoms with van der Waals surface area (Å²) >= 11 is 0. The number of halogens is 4. The molecule has 46 heavy (non-hydrogen) atoms. The van der Waals surface area contributed by atoms with E-state index in [1.807, 2.05) is 0 Å². The van der Waals surface area contributed by atoms with Gasteiger partial charge in [-0.05, 0) is 37.0 Å². The van der Waals surface area contributed by atoms with E-state index in [0.717, 1.165) is 0 Å². The van der Waals surface area contributed by atoms with Crippen molar-refractivity contribution >= 4 is 35.1 Å². The van der Waals surface area contributed by atoms with Gasteiger partial charge in [0.2, 0.25) is 23.4 Å². The van der Waals surface area contributed by atoms with Crippen molar-refractivity contribution in [2.45, 2.75) is 38.3 Å². The normalized spacial score (nSPS) is 15.3. The maximum absolute atomic E-state index is 14.1. The molecule has 0 saturated carbocycles. The summed E-state index contributed by atoms with van der Waals surface area (Å²) in [6, 6.07) is 12.2. The Balaban J connectivity index is 1.54. The molecule has 0 aromatic heterocycles. The summed E-state index contributed by atoms with van der Waals surface area (Å²) in [4.78, 5) is 64.7. The molecular weight excluding hydrogens is 612 g/mol. The summed E-state index contributed by atoms with van der Waals surface area (Å²) in [5.41, 5.74) is 1.64. The van der Waals surface area contributed by atoms with Crippen molar-refractivity contribution in [1.82, 2.24) is 16.0 Å². The highest BCUT2D eigenvalue weighted by molar-refractivity contribution is 6.40. The fraction of sp³-hybridized carbons (Fsp3) is 0.281. The van der Waals surface area contributed by atoms with Gasteiger partial charge in [0.15, 0.2) is 23.2 Å². The monoisotopic (exact) mass is 642 g/mol. The summed E-state index contributed by atoms with van der Waals surface area (Å²) < 4.78 is 60.4. The van der Waals surface area contributed by atoms with Crippen LogP contribution in [0.2, 0.25) is 0 Å². The van der Waals surface area contributed by atoms with Crippen LogP contribution in [0.25, 0.3) is 0 Å². The van der Waals surface area contributed by atoms with Gasteiger partial charge in [0.05, 0.1) is 6.04 Å². The second kappa shape index (κ2) is 15.1. The van der Waals surface area contributed by atoms with E-state index in [2.05, 4.69) is 21.3 Å². The number of carbonyl (C=O) groups is 5. The van der Waals surface area contributed by atoms with E-state index in [0.29, 0.717) is 29.8 Å². The lowest BCUT2D eigenvalue weighted by Crippen LogP contribution is -2.55. The van der Waals surface area contributed by atoms with E-state index in [1.54, 1.807) is 61.5 Å². The minimum absolute atomic E-state index is 0.0243. The Morgan fingerprint density at radius 3 is 2.17 bits per heavy atom. The van der Waals surface area contributed by atoms with Crippen LogP contribution in [-0.2, 0) is 30.4 Å². The molecular formula is C32H30F4N4O6. The molecule has 3 aromatic carbocycles. The zero-order valence-electron chi connectivity index (χ0n) is 24.5. The van der Waals surface area contributed by atoms with E-state index in [-0.39, 0.29) is 18.9 Å². The van der Waals surface area contributed by atoms with E-state index >= 15 is 0 Å². The summed E-state index contributed by atoms with van der Waals surface area (Å²) in [6.07, 6.45) is -0.0701. The molecule has 242 valence electrons. The van der Waals surface area contributed by atoms with Gasteiger partial charge >= 0.3 is 11.8 Å². The number of carbonyl (C=O) groups excluding carboxylic acids is 5. The zero-order chi connectivity index (χ0) is 33.4. The maximum atomic E-state index is 14.1. The summed E-state index contributed by atoms with van der Waals surface area (Å²) in [7, 11) is 0. The molecule has 1 aliphatic heterocycles. The minimum Gasteiger partial charge on any atom is -0.479 e. The molecule has 1 fully saturated rings. The first-order valence-electron chi connectivity index (χ1n) is 14.2. The number of amides is 4. The van der Waals surface area contributed by atoms with Crippen LogP contribution in [-0.4, -0.2) is 54.6 Å². The second-order valence-corrected chi connectivity index (χ2v) is 10.6. The van der Waals surface area contributed by atoms with Crippen LogP contribution in [0.15, 0.2) is 60.7 Å². The Morgan fingerprint density at radius 1 is 0.891 bits per heavy atom. The molecule has 4 amide bonds.